The first kappa shape index (κ1) is 12.8. The number of aryl methyl sites for hydroxylation is 1. The molecular formula is C12H15N3O2S. The third kappa shape index (κ3) is 2.76. The molecule has 1 aromatic carbocycles. The maximum absolute atomic E-state index is 12.0. The molecule has 0 spiro atoms. The zero-order chi connectivity index (χ0) is 13.1. The van der Waals surface area contributed by atoms with Gasteiger partial charge in [0.05, 0.1) is 17.3 Å². The second kappa shape index (κ2) is 5.30. The van der Waals surface area contributed by atoms with Crippen LogP contribution in [0.2, 0.25) is 0 Å². The maximum Gasteiger partial charge on any atom is 0.257 e. The van der Waals surface area contributed by atoms with Gasteiger partial charge in [-0.05, 0) is 24.6 Å². The van der Waals surface area contributed by atoms with Gasteiger partial charge in [0, 0.05) is 23.3 Å². The van der Waals surface area contributed by atoms with Gasteiger partial charge < -0.3 is 5.32 Å². The molecule has 2 N–H and O–H groups in total. The van der Waals surface area contributed by atoms with Crippen LogP contribution in [0.25, 0.3) is 0 Å². The first-order valence-corrected chi connectivity index (χ1v) is 7.17. The van der Waals surface area contributed by atoms with E-state index in [0.717, 1.165) is 12.1 Å². The summed E-state index contributed by atoms with van der Waals surface area (Å²) in [6.07, 6.45) is 1.60. The lowest BCUT2D eigenvalue weighted by atomic mass is 10.1. The molecule has 1 aromatic rings. The van der Waals surface area contributed by atoms with Crippen molar-refractivity contribution < 1.29 is 9.00 Å². The average Bonchev–Trinajstić information content (AvgIpc) is 2.81. The monoisotopic (exact) mass is 265 g/mol. The van der Waals surface area contributed by atoms with Gasteiger partial charge in [0.1, 0.15) is 0 Å². The van der Waals surface area contributed by atoms with Crippen LogP contribution in [0, 0.1) is 6.92 Å². The van der Waals surface area contributed by atoms with Crippen molar-refractivity contribution in [3.05, 3.63) is 29.3 Å². The highest BCUT2D eigenvalue weighted by Gasteiger charge is 2.13. The van der Waals surface area contributed by atoms with E-state index >= 15 is 0 Å². The van der Waals surface area contributed by atoms with Crippen molar-refractivity contribution in [2.45, 2.75) is 11.8 Å². The van der Waals surface area contributed by atoms with Gasteiger partial charge in [-0.15, -0.1) is 0 Å². The minimum atomic E-state index is -1.10. The molecule has 2 rings (SSSR count). The number of aliphatic imine (C=N–C) groups is 1. The van der Waals surface area contributed by atoms with Crippen LogP contribution in [0.5, 0.6) is 0 Å². The van der Waals surface area contributed by atoms with Crippen LogP contribution >= 0.6 is 0 Å². The van der Waals surface area contributed by atoms with E-state index in [4.69, 9.17) is 0 Å². The smallest absolute Gasteiger partial charge is 0.257 e. The summed E-state index contributed by atoms with van der Waals surface area (Å²) < 4.78 is 11.5. The van der Waals surface area contributed by atoms with Crippen molar-refractivity contribution >= 4 is 22.7 Å². The minimum Gasteiger partial charge on any atom is -0.354 e. The summed E-state index contributed by atoms with van der Waals surface area (Å²) in [6.45, 7) is 3.29. The summed E-state index contributed by atoms with van der Waals surface area (Å²) in [6, 6.07) is 5.18. The molecule has 18 heavy (non-hydrogen) atoms. The lowest BCUT2D eigenvalue weighted by molar-refractivity contribution is 0.0976. The highest BCUT2D eigenvalue weighted by atomic mass is 32.2. The Labute approximate surface area is 108 Å². The zero-order valence-corrected chi connectivity index (χ0v) is 11.1. The first-order valence-electron chi connectivity index (χ1n) is 5.61. The molecule has 5 nitrogen and oxygen atoms in total. The number of nitrogens with zero attached hydrogens (tertiary/aromatic N) is 1. The van der Waals surface area contributed by atoms with Gasteiger partial charge >= 0.3 is 0 Å². The van der Waals surface area contributed by atoms with Crippen LogP contribution in [0.3, 0.4) is 0 Å². The number of guanidine groups is 1. The summed E-state index contributed by atoms with van der Waals surface area (Å²) >= 11 is 0. The topological polar surface area (TPSA) is 70.6 Å². The second-order valence-electron chi connectivity index (χ2n) is 4.05. The van der Waals surface area contributed by atoms with Crippen molar-refractivity contribution in [2.75, 3.05) is 19.3 Å². The van der Waals surface area contributed by atoms with Crippen LogP contribution in [0.4, 0.5) is 0 Å². The normalized spacial score (nSPS) is 15.8. The summed E-state index contributed by atoms with van der Waals surface area (Å²) in [7, 11) is -1.10. The number of carbonyl (C=O) groups excluding carboxylic acids is 1. The number of rotatable bonds is 2. The van der Waals surface area contributed by atoms with E-state index in [1.165, 1.54) is 0 Å². The molecular weight excluding hydrogens is 250 g/mol. The van der Waals surface area contributed by atoms with E-state index in [1.54, 1.807) is 24.5 Å². The maximum atomic E-state index is 12.0. The Kier molecular flexibility index (Phi) is 3.76. The van der Waals surface area contributed by atoms with Gasteiger partial charge in [-0.2, -0.15) is 0 Å². The van der Waals surface area contributed by atoms with Crippen LogP contribution in [-0.2, 0) is 10.8 Å². The number of amides is 1. The SMILES string of the molecule is Cc1ccc(C(=O)NC2=NCCN2)cc1S(C)=O. The fourth-order valence-corrected chi connectivity index (χ4v) is 2.53. The van der Waals surface area contributed by atoms with Crippen LogP contribution in [-0.4, -0.2) is 35.4 Å². The largest absolute Gasteiger partial charge is 0.354 e. The third-order valence-electron chi connectivity index (χ3n) is 2.67. The van der Waals surface area contributed by atoms with Gasteiger partial charge in [0.2, 0.25) is 0 Å². The van der Waals surface area contributed by atoms with Gasteiger partial charge in [-0.25, -0.2) is 0 Å². The fourth-order valence-electron chi connectivity index (χ4n) is 1.71. The molecule has 6 heteroatoms. The van der Waals surface area contributed by atoms with Crippen molar-refractivity contribution in [1.82, 2.24) is 10.6 Å². The van der Waals surface area contributed by atoms with E-state index in [1.807, 2.05) is 6.92 Å². The number of carbonyl (C=O) groups is 1. The van der Waals surface area contributed by atoms with Gasteiger partial charge in [0.15, 0.2) is 5.96 Å². The first-order chi connectivity index (χ1) is 8.58. The van der Waals surface area contributed by atoms with E-state index in [9.17, 15) is 9.00 Å². The van der Waals surface area contributed by atoms with Crippen LogP contribution in [0.1, 0.15) is 15.9 Å². The van der Waals surface area contributed by atoms with E-state index in [0.29, 0.717) is 23.0 Å². The van der Waals surface area contributed by atoms with E-state index in [2.05, 4.69) is 15.6 Å². The zero-order valence-electron chi connectivity index (χ0n) is 10.3. The van der Waals surface area contributed by atoms with Gasteiger partial charge in [-0.3, -0.25) is 19.3 Å². The lowest BCUT2D eigenvalue weighted by Gasteiger charge is -2.08. The minimum absolute atomic E-state index is 0.241. The molecule has 1 atom stereocenters. The molecule has 0 aliphatic carbocycles. The lowest BCUT2D eigenvalue weighted by Crippen LogP contribution is -2.38. The quantitative estimate of drug-likeness (QED) is 0.814. The van der Waals surface area contributed by atoms with Crippen LogP contribution < -0.4 is 10.6 Å². The summed E-state index contributed by atoms with van der Waals surface area (Å²) in [5, 5.41) is 5.65. The summed E-state index contributed by atoms with van der Waals surface area (Å²) in [4.78, 5) is 16.7. The Morgan fingerprint density at radius 2 is 2.28 bits per heavy atom. The van der Waals surface area contributed by atoms with Gasteiger partial charge in [0.25, 0.3) is 5.91 Å². The third-order valence-corrected chi connectivity index (χ3v) is 3.73. The Bertz CT molecular complexity index is 540. The average molecular weight is 265 g/mol. The molecule has 1 aliphatic rings. The molecule has 1 heterocycles. The summed E-state index contributed by atoms with van der Waals surface area (Å²) in [5.74, 6) is 0.259. The Morgan fingerprint density at radius 1 is 1.50 bits per heavy atom. The van der Waals surface area contributed by atoms with Gasteiger partial charge in [-0.1, -0.05) is 6.07 Å². The molecule has 0 fully saturated rings. The number of benzene rings is 1. The van der Waals surface area contributed by atoms with Crippen molar-refractivity contribution in [3.8, 4) is 0 Å². The van der Waals surface area contributed by atoms with Crippen molar-refractivity contribution in [1.29, 1.82) is 0 Å². The van der Waals surface area contributed by atoms with Crippen LogP contribution in [0.15, 0.2) is 28.1 Å². The Morgan fingerprint density at radius 3 is 2.89 bits per heavy atom. The summed E-state index contributed by atoms with van der Waals surface area (Å²) in [5.41, 5.74) is 1.41. The van der Waals surface area contributed by atoms with Crippen molar-refractivity contribution in [3.63, 3.8) is 0 Å². The Hall–Kier alpha value is -1.69. The molecule has 0 aromatic heterocycles. The van der Waals surface area contributed by atoms with Crippen molar-refractivity contribution in [2.24, 2.45) is 4.99 Å². The highest BCUT2D eigenvalue weighted by Crippen LogP contribution is 2.14. The molecule has 0 radical (unpaired) electrons. The highest BCUT2D eigenvalue weighted by molar-refractivity contribution is 7.84. The molecule has 96 valence electrons. The molecule has 0 saturated carbocycles. The fraction of sp³-hybridized carbons (Fsp3) is 0.333. The standard InChI is InChI=1S/C12H15N3O2S/c1-8-3-4-9(7-10(8)18(2)17)11(16)15-12-13-5-6-14-12/h3-4,7H,5-6H2,1-2H3,(H2,13,14,15,16). The predicted molar refractivity (Wildman–Crippen MR) is 71.3 cm³/mol. The molecule has 0 bridgehead atoms. The molecule has 1 aliphatic heterocycles. The number of hydrogen-bond acceptors (Lipinski definition) is 4. The number of nitrogens with one attached hydrogen (secondary N) is 2. The van der Waals surface area contributed by atoms with E-state index < -0.39 is 10.8 Å². The number of hydrogen-bond donors (Lipinski definition) is 2. The molecule has 1 unspecified atom stereocenters. The predicted octanol–water partition coefficient (Wildman–Crippen LogP) is 0.421. The molecule has 1 amide bonds. The Balaban J connectivity index is 2.20. The molecule has 0 saturated heterocycles. The van der Waals surface area contributed by atoms with E-state index in [-0.39, 0.29) is 5.91 Å². The second-order valence-corrected chi connectivity index (χ2v) is 5.39.